The summed E-state index contributed by atoms with van der Waals surface area (Å²) in [5, 5.41) is 3.76. The highest BCUT2D eigenvalue weighted by atomic mass is 14.9. The maximum absolute atomic E-state index is 4.27. The molecule has 116 valence electrons. The van der Waals surface area contributed by atoms with Crippen LogP contribution in [0.4, 0.5) is 0 Å². The molecule has 0 saturated carbocycles. The smallest absolute Gasteiger partial charge is 0.106 e. The lowest BCUT2D eigenvalue weighted by Gasteiger charge is -2.18. The van der Waals surface area contributed by atoms with Crippen LogP contribution in [0, 0.1) is 0 Å². The fourth-order valence-corrected chi connectivity index (χ4v) is 2.63. The Morgan fingerprint density at radius 1 is 1.05 bits per heavy atom. The van der Waals surface area contributed by atoms with E-state index in [2.05, 4.69) is 29.1 Å². The molecule has 1 rings (SSSR count). The van der Waals surface area contributed by atoms with E-state index in [0.29, 0.717) is 0 Å². The van der Waals surface area contributed by atoms with Gasteiger partial charge in [0.25, 0.3) is 0 Å². The first kappa shape index (κ1) is 17.2. The van der Waals surface area contributed by atoms with Crippen molar-refractivity contribution >= 4 is 0 Å². The lowest BCUT2D eigenvalue weighted by Crippen LogP contribution is -2.30. The van der Waals surface area contributed by atoms with E-state index < -0.39 is 0 Å². The highest BCUT2D eigenvalue weighted by Gasteiger charge is 2.07. The van der Waals surface area contributed by atoms with Crippen molar-refractivity contribution in [3.05, 3.63) is 18.2 Å². The van der Waals surface area contributed by atoms with Crippen LogP contribution in [0.2, 0.25) is 0 Å². The van der Waals surface area contributed by atoms with Crippen molar-refractivity contribution in [3.63, 3.8) is 0 Å². The molecule has 0 atom stereocenters. The van der Waals surface area contributed by atoms with Crippen LogP contribution in [0.1, 0.15) is 77.5 Å². The topological polar surface area (TPSA) is 40.7 Å². The Labute approximate surface area is 125 Å². The summed E-state index contributed by atoms with van der Waals surface area (Å²) >= 11 is 0. The Morgan fingerprint density at radius 3 is 2.30 bits per heavy atom. The molecule has 0 spiro atoms. The average molecular weight is 279 g/mol. The third-order valence-electron chi connectivity index (χ3n) is 3.89. The van der Waals surface area contributed by atoms with E-state index in [1.807, 2.05) is 12.4 Å². The van der Waals surface area contributed by atoms with Crippen LogP contribution in [-0.4, -0.2) is 22.6 Å². The first-order valence-electron chi connectivity index (χ1n) is 8.58. The number of hydrogen-bond acceptors (Lipinski definition) is 2. The summed E-state index contributed by atoms with van der Waals surface area (Å²) in [6.07, 6.45) is 16.8. The third kappa shape index (κ3) is 8.36. The molecule has 0 bridgehead atoms. The molecule has 0 amide bonds. The van der Waals surface area contributed by atoms with Gasteiger partial charge in [0.1, 0.15) is 5.82 Å². The first-order valence-corrected chi connectivity index (χ1v) is 8.58. The molecule has 0 aliphatic heterocycles. The second-order valence-electron chi connectivity index (χ2n) is 5.78. The summed E-state index contributed by atoms with van der Waals surface area (Å²) in [4.78, 5) is 7.44. The second kappa shape index (κ2) is 12.0. The second-order valence-corrected chi connectivity index (χ2v) is 5.78. The van der Waals surface area contributed by atoms with Gasteiger partial charge in [0.2, 0.25) is 0 Å². The molecule has 0 saturated heterocycles. The molecule has 0 unspecified atom stereocenters. The zero-order valence-corrected chi connectivity index (χ0v) is 13.5. The van der Waals surface area contributed by atoms with Gasteiger partial charge in [-0.05, 0) is 25.8 Å². The number of H-pyrrole nitrogens is 1. The minimum absolute atomic E-state index is 0.727. The molecular weight excluding hydrogens is 246 g/mol. The molecule has 3 nitrogen and oxygen atoms in total. The Hall–Kier alpha value is -0.830. The van der Waals surface area contributed by atoms with E-state index in [4.69, 9.17) is 0 Å². The average Bonchev–Trinajstić information content (AvgIpc) is 2.96. The van der Waals surface area contributed by atoms with Crippen LogP contribution in [0.15, 0.2) is 12.4 Å². The van der Waals surface area contributed by atoms with Gasteiger partial charge in [-0.1, -0.05) is 52.4 Å². The van der Waals surface area contributed by atoms with Gasteiger partial charge in [-0.3, -0.25) is 0 Å². The van der Waals surface area contributed by atoms with Gasteiger partial charge in [0, 0.05) is 24.9 Å². The van der Waals surface area contributed by atoms with Crippen LogP contribution < -0.4 is 5.32 Å². The van der Waals surface area contributed by atoms with E-state index >= 15 is 0 Å². The van der Waals surface area contributed by atoms with Crippen molar-refractivity contribution in [2.75, 3.05) is 6.54 Å². The fraction of sp³-hybridized carbons (Fsp3) is 0.824. The van der Waals surface area contributed by atoms with Gasteiger partial charge in [-0.15, -0.1) is 0 Å². The molecule has 0 aliphatic rings. The van der Waals surface area contributed by atoms with E-state index in [0.717, 1.165) is 24.8 Å². The van der Waals surface area contributed by atoms with Crippen LogP contribution in [0.3, 0.4) is 0 Å². The minimum Gasteiger partial charge on any atom is -0.349 e. The predicted molar refractivity (Wildman–Crippen MR) is 87.0 cm³/mol. The normalized spacial score (nSPS) is 11.3. The van der Waals surface area contributed by atoms with Gasteiger partial charge in [-0.2, -0.15) is 0 Å². The molecule has 0 fully saturated rings. The van der Waals surface area contributed by atoms with Crippen molar-refractivity contribution < 1.29 is 0 Å². The molecule has 0 radical (unpaired) electrons. The summed E-state index contributed by atoms with van der Waals surface area (Å²) in [5.74, 6) is 1.11. The molecular formula is C17H33N3. The number of aromatic amines is 1. The number of hydrogen-bond donors (Lipinski definition) is 2. The van der Waals surface area contributed by atoms with E-state index in [9.17, 15) is 0 Å². The van der Waals surface area contributed by atoms with Crippen molar-refractivity contribution in [1.29, 1.82) is 0 Å². The highest BCUT2D eigenvalue weighted by molar-refractivity contribution is 4.86. The quantitative estimate of drug-likeness (QED) is 0.523. The summed E-state index contributed by atoms with van der Waals surface area (Å²) in [6.45, 7) is 5.68. The van der Waals surface area contributed by atoms with Crippen molar-refractivity contribution in [2.24, 2.45) is 0 Å². The first-order chi connectivity index (χ1) is 9.86. The maximum Gasteiger partial charge on any atom is 0.106 e. The largest absolute Gasteiger partial charge is 0.349 e. The summed E-state index contributed by atoms with van der Waals surface area (Å²) in [6, 6.07) is 0.727. The number of imidazole rings is 1. The monoisotopic (exact) mass is 279 g/mol. The van der Waals surface area contributed by atoms with Crippen LogP contribution in [-0.2, 0) is 6.42 Å². The van der Waals surface area contributed by atoms with Crippen molar-refractivity contribution in [1.82, 2.24) is 15.3 Å². The van der Waals surface area contributed by atoms with Crippen LogP contribution in [0.25, 0.3) is 0 Å². The van der Waals surface area contributed by atoms with Crippen molar-refractivity contribution in [2.45, 2.75) is 84.1 Å². The fourth-order valence-electron chi connectivity index (χ4n) is 2.63. The van der Waals surface area contributed by atoms with E-state index in [-0.39, 0.29) is 0 Å². The zero-order chi connectivity index (χ0) is 14.5. The number of aromatic nitrogens is 2. The zero-order valence-electron chi connectivity index (χ0n) is 13.5. The number of unbranched alkanes of at least 4 members (excludes halogenated alkanes) is 4. The van der Waals surface area contributed by atoms with Crippen molar-refractivity contribution in [3.8, 4) is 0 Å². The molecule has 1 heterocycles. The number of aryl methyl sites for hydroxylation is 1. The molecule has 20 heavy (non-hydrogen) atoms. The highest BCUT2D eigenvalue weighted by Crippen LogP contribution is 2.11. The Bertz CT molecular complexity index is 285. The standard InChI is InChI=1S/C17H33N3/c1-3-5-7-10-16(11-8-6-4-2)18-13-9-12-17-19-14-15-20-17/h14-16,18H,3-13H2,1-2H3,(H,19,20). The molecule has 3 heteroatoms. The number of rotatable bonds is 13. The van der Waals surface area contributed by atoms with Crippen LogP contribution >= 0.6 is 0 Å². The Balaban J connectivity index is 2.13. The van der Waals surface area contributed by atoms with Gasteiger partial charge in [0.05, 0.1) is 0 Å². The number of nitrogens with zero attached hydrogens (tertiary/aromatic N) is 1. The van der Waals surface area contributed by atoms with Gasteiger partial charge < -0.3 is 10.3 Å². The van der Waals surface area contributed by atoms with Gasteiger partial charge in [-0.25, -0.2) is 4.98 Å². The SMILES string of the molecule is CCCCCC(CCCCC)NCCCc1ncc[nH]1. The van der Waals surface area contributed by atoms with Gasteiger partial charge in [0.15, 0.2) is 0 Å². The van der Waals surface area contributed by atoms with E-state index in [1.54, 1.807) is 0 Å². The Kier molecular flexibility index (Phi) is 10.3. The lowest BCUT2D eigenvalue weighted by molar-refractivity contribution is 0.416. The summed E-state index contributed by atoms with van der Waals surface area (Å²) in [5.41, 5.74) is 0. The third-order valence-corrected chi connectivity index (χ3v) is 3.89. The number of nitrogens with one attached hydrogen (secondary N) is 2. The Morgan fingerprint density at radius 2 is 1.75 bits per heavy atom. The molecule has 0 aromatic carbocycles. The maximum atomic E-state index is 4.27. The molecule has 0 aliphatic carbocycles. The minimum atomic E-state index is 0.727. The molecule has 2 N–H and O–H groups in total. The summed E-state index contributed by atoms with van der Waals surface area (Å²) in [7, 11) is 0. The van der Waals surface area contributed by atoms with Gasteiger partial charge >= 0.3 is 0 Å². The molecule has 1 aromatic heterocycles. The predicted octanol–water partition coefficient (Wildman–Crippen LogP) is 4.46. The summed E-state index contributed by atoms with van der Waals surface area (Å²) < 4.78 is 0. The van der Waals surface area contributed by atoms with Crippen LogP contribution in [0.5, 0.6) is 0 Å². The molecule has 1 aromatic rings. The van der Waals surface area contributed by atoms with E-state index in [1.165, 1.54) is 57.8 Å². The lowest BCUT2D eigenvalue weighted by atomic mass is 10.0.